The van der Waals surface area contributed by atoms with E-state index in [0.29, 0.717) is 5.56 Å². The Morgan fingerprint density at radius 3 is 2.14 bits per heavy atom. The highest BCUT2D eigenvalue weighted by atomic mass is 79.9. The third-order valence-electron chi connectivity index (χ3n) is 2.07. The molecule has 8 heteroatoms. The molecule has 7 nitrogen and oxygen atoms in total. The first kappa shape index (κ1) is 16.7. The standard InChI is InChI=1S/C7H7NO2.C6H5BrN2O2/c1-10-7(9)6-3-2-4-8-5-6;1-11-6(10)5-8-2-4(7)3-9-5/h2-5H,1H3;2-3H,1H3. The Kier molecular flexibility index (Phi) is 6.96. The van der Waals surface area contributed by atoms with Crippen LogP contribution in [0.2, 0.25) is 0 Å². The number of hydrogen-bond acceptors (Lipinski definition) is 7. The summed E-state index contributed by atoms with van der Waals surface area (Å²) in [5.74, 6) is -0.818. The minimum Gasteiger partial charge on any atom is -0.465 e. The van der Waals surface area contributed by atoms with E-state index < -0.39 is 5.97 Å². The Balaban J connectivity index is 0.000000211. The van der Waals surface area contributed by atoms with E-state index in [1.165, 1.54) is 32.8 Å². The molecule has 110 valence electrons. The van der Waals surface area contributed by atoms with Gasteiger partial charge in [-0.15, -0.1) is 0 Å². The molecule has 0 N–H and O–H groups in total. The number of aromatic nitrogens is 3. The first-order valence-corrected chi connectivity index (χ1v) is 6.42. The van der Waals surface area contributed by atoms with Crippen molar-refractivity contribution in [3.8, 4) is 0 Å². The molecule has 0 aliphatic heterocycles. The van der Waals surface area contributed by atoms with E-state index in [1.807, 2.05) is 0 Å². The molecular formula is C13H12BrN3O4. The summed E-state index contributed by atoms with van der Waals surface area (Å²) in [6, 6.07) is 3.34. The van der Waals surface area contributed by atoms with E-state index in [0.717, 1.165) is 4.47 Å². The minimum absolute atomic E-state index is 0.0655. The van der Waals surface area contributed by atoms with Crippen molar-refractivity contribution in [2.45, 2.75) is 0 Å². The second kappa shape index (κ2) is 8.75. The van der Waals surface area contributed by atoms with Gasteiger partial charge in [-0.1, -0.05) is 0 Å². The second-order valence-corrected chi connectivity index (χ2v) is 4.37. The highest BCUT2D eigenvalue weighted by Gasteiger charge is 2.06. The molecule has 2 aromatic heterocycles. The number of carbonyl (C=O) groups excluding carboxylic acids is 2. The molecule has 0 saturated heterocycles. The molecule has 0 fully saturated rings. The van der Waals surface area contributed by atoms with Crippen LogP contribution >= 0.6 is 15.9 Å². The van der Waals surface area contributed by atoms with Crippen molar-refractivity contribution in [1.82, 2.24) is 15.0 Å². The van der Waals surface area contributed by atoms with Crippen molar-refractivity contribution < 1.29 is 19.1 Å². The van der Waals surface area contributed by atoms with Crippen LogP contribution in [-0.4, -0.2) is 41.1 Å². The molecule has 0 aliphatic rings. The smallest absolute Gasteiger partial charge is 0.376 e. The highest BCUT2D eigenvalue weighted by Crippen LogP contribution is 2.04. The lowest BCUT2D eigenvalue weighted by Crippen LogP contribution is -2.06. The topological polar surface area (TPSA) is 91.3 Å². The van der Waals surface area contributed by atoms with Crippen molar-refractivity contribution in [3.63, 3.8) is 0 Å². The highest BCUT2D eigenvalue weighted by molar-refractivity contribution is 9.10. The number of pyridine rings is 1. The molecule has 0 saturated carbocycles. The number of methoxy groups -OCH3 is 2. The molecule has 0 aliphatic carbocycles. The summed E-state index contributed by atoms with van der Waals surface area (Å²) in [7, 11) is 2.63. The molecular weight excluding hydrogens is 342 g/mol. The molecule has 21 heavy (non-hydrogen) atoms. The number of hydrogen-bond donors (Lipinski definition) is 0. The summed E-state index contributed by atoms with van der Waals surface area (Å²) in [6.45, 7) is 0. The van der Waals surface area contributed by atoms with Gasteiger partial charge >= 0.3 is 11.9 Å². The van der Waals surface area contributed by atoms with Crippen LogP contribution in [0.5, 0.6) is 0 Å². The Morgan fingerprint density at radius 2 is 1.67 bits per heavy atom. The number of rotatable bonds is 2. The summed E-state index contributed by atoms with van der Waals surface area (Å²) in [5, 5.41) is 0. The van der Waals surface area contributed by atoms with Gasteiger partial charge in [-0.05, 0) is 28.1 Å². The molecule has 0 amide bonds. The van der Waals surface area contributed by atoms with Crippen LogP contribution in [-0.2, 0) is 9.47 Å². The fourth-order valence-electron chi connectivity index (χ4n) is 1.11. The van der Waals surface area contributed by atoms with Gasteiger partial charge in [-0.25, -0.2) is 19.6 Å². The van der Waals surface area contributed by atoms with Gasteiger partial charge < -0.3 is 9.47 Å². The van der Waals surface area contributed by atoms with Crippen LogP contribution in [0.4, 0.5) is 0 Å². The second-order valence-electron chi connectivity index (χ2n) is 3.45. The number of halogens is 1. The Hall–Kier alpha value is -2.35. The Bertz CT molecular complexity index is 590. The van der Waals surface area contributed by atoms with E-state index in [2.05, 4.69) is 40.4 Å². The monoisotopic (exact) mass is 353 g/mol. The molecule has 0 atom stereocenters. The van der Waals surface area contributed by atoms with Gasteiger partial charge in [0.15, 0.2) is 0 Å². The maximum Gasteiger partial charge on any atom is 0.376 e. The zero-order valence-corrected chi connectivity index (χ0v) is 12.9. The summed E-state index contributed by atoms with van der Waals surface area (Å²) in [4.78, 5) is 32.7. The lowest BCUT2D eigenvalue weighted by Gasteiger charge is -1.95. The van der Waals surface area contributed by atoms with Gasteiger partial charge in [-0.2, -0.15) is 0 Å². The summed E-state index contributed by atoms with van der Waals surface area (Å²) >= 11 is 3.14. The SMILES string of the molecule is COC(=O)c1cccnc1.COC(=O)c1ncc(Br)cn1. The average molecular weight is 354 g/mol. The molecule has 0 spiro atoms. The fraction of sp³-hybridized carbons (Fsp3) is 0.154. The largest absolute Gasteiger partial charge is 0.465 e. The van der Waals surface area contributed by atoms with Crippen molar-refractivity contribution in [2.75, 3.05) is 14.2 Å². The molecule has 2 heterocycles. The van der Waals surface area contributed by atoms with Gasteiger partial charge in [0.2, 0.25) is 5.82 Å². The number of nitrogens with zero attached hydrogens (tertiary/aromatic N) is 3. The van der Waals surface area contributed by atoms with Crippen LogP contribution in [0.15, 0.2) is 41.4 Å². The first-order valence-electron chi connectivity index (χ1n) is 5.62. The van der Waals surface area contributed by atoms with Gasteiger partial charge in [-0.3, -0.25) is 4.98 Å². The number of ether oxygens (including phenoxy) is 2. The molecule has 0 aromatic carbocycles. The average Bonchev–Trinajstić information content (AvgIpc) is 2.55. The zero-order valence-electron chi connectivity index (χ0n) is 11.3. The Labute approximate surface area is 129 Å². The van der Waals surface area contributed by atoms with E-state index >= 15 is 0 Å². The number of carbonyl (C=O) groups is 2. The lowest BCUT2D eigenvalue weighted by molar-refractivity contribution is 0.0582. The molecule has 2 aromatic rings. The first-order chi connectivity index (χ1) is 10.1. The maximum atomic E-state index is 10.8. The summed E-state index contributed by atoms with van der Waals surface area (Å²) in [6.07, 6.45) is 6.04. The predicted molar refractivity (Wildman–Crippen MR) is 76.6 cm³/mol. The van der Waals surface area contributed by atoms with E-state index in [1.54, 1.807) is 18.3 Å². The molecule has 0 bridgehead atoms. The number of esters is 2. The summed E-state index contributed by atoms with van der Waals surface area (Å²) in [5.41, 5.74) is 0.477. The molecule has 0 unspecified atom stereocenters. The van der Waals surface area contributed by atoms with E-state index in [-0.39, 0.29) is 11.8 Å². The maximum absolute atomic E-state index is 10.8. The van der Waals surface area contributed by atoms with Crippen LogP contribution < -0.4 is 0 Å². The van der Waals surface area contributed by atoms with Crippen LogP contribution in [0, 0.1) is 0 Å². The Morgan fingerprint density at radius 1 is 1.05 bits per heavy atom. The zero-order chi connectivity index (χ0) is 15.7. The van der Waals surface area contributed by atoms with Crippen molar-refractivity contribution >= 4 is 27.9 Å². The quantitative estimate of drug-likeness (QED) is 0.761. The third kappa shape index (κ3) is 5.65. The van der Waals surface area contributed by atoms with Crippen LogP contribution in [0.25, 0.3) is 0 Å². The van der Waals surface area contributed by atoms with Gasteiger partial charge in [0.1, 0.15) is 0 Å². The van der Waals surface area contributed by atoms with Gasteiger partial charge in [0.05, 0.1) is 24.3 Å². The van der Waals surface area contributed by atoms with Gasteiger partial charge in [0, 0.05) is 24.8 Å². The van der Waals surface area contributed by atoms with Crippen molar-refractivity contribution in [1.29, 1.82) is 0 Å². The normalized spacial score (nSPS) is 9.10. The van der Waals surface area contributed by atoms with Crippen LogP contribution in [0.3, 0.4) is 0 Å². The molecule has 2 rings (SSSR count). The summed E-state index contributed by atoms with van der Waals surface area (Å²) < 4.78 is 9.58. The van der Waals surface area contributed by atoms with Crippen LogP contribution in [0.1, 0.15) is 21.0 Å². The predicted octanol–water partition coefficient (Wildman–Crippen LogP) is 1.89. The minimum atomic E-state index is -0.530. The van der Waals surface area contributed by atoms with E-state index in [4.69, 9.17) is 0 Å². The fourth-order valence-corrected chi connectivity index (χ4v) is 1.32. The third-order valence-corrected chi connectivity index (χ3v) is 2.48. The van der Waals surface area contributed by atoms with E-state index in [9.17, 15) is 9.59 Å². The lowest BCUT2D eigenvalue weighted by atomic mass is 10.3. The van der Waals surface area contributed by atoms with Crippen molar-refractivity contribution in [3.05, 3.63) is 52.8 Å². The molecule has 0 radical (unpaired) electrons. The van der Waals surface area contributed by atoms with Crippen molar-refractivity contribution in [2.24, 2.45) is 0 Å². The van der Waals surface area contributed by atoms with Gasteiger partial charge in [0.25, 0.3) is 0 Å².